The topological polar surface area (TPSA) is 124 Å². The Bertz CT molecular complexity index is 898. The Kier molecular flexibility index (Phi) is 5.26. The number of fused-ring (bicyclic) bond motifs is 1. The van der Waals surface area contributed by atoms with Gasteiger partial charge in [-0.2, -0.15) is 10.2 Å². The van der Waals surface area contributed by atoms with Crippen LogP contribution in [0.15, 0.2) is 29.3 Å². The van der Waals surface area contributed by atoms with Gasteiger partial charge in [-0.3, -0.25) is 24.6 Å². The van der Waals surface area contributed by atoms with Crippen LogP contribution < -0.4 is 10.7 Å². The molecule has 0 atom stereocenters. The first-order valence-corrected chi connectivity index (χ1v) is 8.42. The summed E-state index contributed by atoms with van der Waals surface area (Å²) in [6.45, 7) is 3.21. The standard InChI is InChI=1S/C17H20N6O3/c1-2-3-4-16(25)23-6-5-13-12(10-23)14(22-21-13)8-18-17(26)11-7-19-20-9-15(11)24/h3-4,7,9H,2,5-6,8,10H2,1H3,(H,18,26)(H,19,24)(H,21,22)/b4-3+. The Labute approximate surface area is 149 Å². The van der Waals surface area contributed by atoms with Crippen LogP contribution in [0.4, 0.5) is 0 Å². The van der Waals surface area contributed by atoms with E-state index in [1.54, 1.807) is 11.0 Å². The van der Waals surface area contributed by atoms with Crippen molar-refractivity contribution >= 4 is 11.8 Å². The molecule has 2 aromatic heterocycles. The van der Waals surface area contributed by atoms with Crippen LogP contribution in [0.5, 0.6) is 0 Å². The summed E-state index contributed by atoms with van der Waals surface area (Å²) in [5.74, 6) is -0.531. The molecule has 3 rings (SSSR count). The largest absolute Gasteiger partial charge is 0.346 e. The lowest BCUT2D eigenvalue weighted by Gasteiger charge is -2.26. The molecular formula is C17H20N6O3. The zero-order valence-electron chi connectivity index (χ0n) is 14.4. The van der Waals surface area contributed by atoms with Gasteiger partial charge in [0.15, 0.2) is 0 Å². The Morgan fingerprint density at radius 1 is 1.42 bits per heavy atom. The third-order valence-electron chi connectivity index (χ3n) is 4.22. The highest BCUT2D eigenvalue weighted by Crippen LogP contribution is 2.20. The monoisotopic (exact) mass is 356 g/mol. The van der Waals surface area contributed by atoms with E-state index in [4.69, 9.17) is 0 Å². The molecule has 0 saturated heterocycles. The summed E-state index contributed by atoms with van der Waals surface area (Å²) in [6, 6.07) is 0. The number of hydrogen-bond acceptors (Lipinski definition) is 5. The number of aromatic amines is 2. The first kappa shape index (κ1) is 17.6. The predicted molar refractivity (Wildman–Crippen MR) is 93.2 cm³/mol. The third kappa shape index (κ3) is 3.71. The van der Waals surface area contributed by atoms with E-state index in [9.17, 15) is 14.4 Å². The second-order valence-corrected chi connectivity index (χ2v) is 5.94. The van der Waals surface area contributed by atoms with Crippen molar-refractivity contribution in [1.82, 2.24) is 30.6 Å². The van der Waals surface area contributed by atoms with Crippen LogP contribution in [0, 0.1) is 0 Å². The molecule has 0 aromatic carbocycles. The van der Waals surface area contributed by atoms with Crippen molar-refractivity contribution in [3.8, 4) is 0 Å². The van der Waals surface area contributed by atoms with E-state index < -0.39 is 11.3 Å². The molecule has 0 spiro atoms. The SMILES string of the molecule is CC/C=C/C(=O)N1CCc2[nH]nc(CNC(=O)c3c[nH]ncc3=O)c2C1. The van der Waals surface area contributed by atoms with Gasteiger partial charge in [0.05, 0.1) is 18.4 Å². The van der Waals surface area contributed by atoms with Crippen molar-refractivity contribution in [1.29, 1.82) is 0 Å². The average Bonchev–Trinajstić information content (AvgIpc) is 3.06. The molecule has 0 fully saturated rings. The lowest BCUT2D eigenvalue weighted by Crippen LogP contribution is -2.35. The fourth-order valence-corrected chi connectivity index (χ4v) is 2.79. The van der Waals surface area contributed by atoms with E-state index in [1.165, 1.54) is 6.20 Å². The molecular weight excluding hydrogens is 336 g/mol. The lowest BCUT2D eigenvalue weighted by molar-refractivity contribution is -0.126. The van der Waals surface area contributed by atoms with Crippen LogP contribution in [-0.4, -0.2) is 43.7 Å². The van der Waals surface area contributed by atoms with Crippen LogP contribution in [0.25, 0.3) is 0 Å². The van der Waals surface area contributed by atoms with Gasteiger partial charge in [-0.05, 0) is 12.5 Å². The van der Waals surface area contributed by atoms with Crippen molar-refractivity contribution in [2.24, 2.45) is 0 Å². The first-order valence-electron chi connectivity index (χ1n) is 8.42. The summed E-state index contributed by atoms with van der Waals surface area (Å²) in [5, 5.41) is 15.9. The average molecular weight is 356 g/mol. The molecule has 0 saturated carbocycles. The highest BCUT2D eigenvalue weighted by Gasteiger charge is 2.24. The maximum Gasteiger partial charge on any atom is 0.257 e. The molecule has 2 amide bonds. The number of allylic oxidation sites excluding steroid dienone is 1. The Balaban J connectivity index is 1.68. The van der Waals surface area contributed by atoms with Gasteiger partial charge in [0.2, 0.25) is 11.3 Å². The predicted octanol–water partition coefficient (Wildman–Crippen LogP) is 0.274. The van der Waals surface area contributed by atoms with Gasteiger partial charge in [-0.1, -0.05) is 13.0 Å². The molecule has 0 bridgehead atoms. The zero-order chi connectivity index (χ0) is 18.5. The molecule has 3 heterocycles. The summed E-state index contributed by atoms with van der Waals surface area (Å²) in [5.41, 5.74) is 2.09. The van der Waals surface area contributed by atoms with Crippen molar-refractivity contribution in [2.45, 2.75) is 32.9 Å². The number of carbonyl (C=O) groups excluding carboxylic acids is 2. The number of rotatable bonds is 5. The minimum absolute atomic E-state index is 0.00842. The number of nitrogens with one attached hydrogen (secondary N) is 3. The molecule has 136 valence electrons. The number of nitrogens with zero attached hydrogens (tertiary/aromatic N) is 3. The first-order chi connectivity index (χ1) is 12.6. The quantitative estimate of drug-likeness (QED) is 0.664. The van der Waals surface area contributed by atoms with Gasteiger partial charge < -0.3 is 10.2 Å². The van der Waals surface area contributed by atoms with Crippen LogP contribution in [-0.2, 0) is 24.3 Å². The maximum atomic E-state index is 12.2. The molecule has 26 heavy (non-hydrogen) atoms. The van der Waals surface area contributed by atoms with E-state index in [2.05, 4.69) is 25.7 Å². The van der Waals surface area contributed by atoms with Crippen molar-refractivity contribution < 1.29 is 9.59 Å². The number of hydrogen-bond donors (Lipinski definition) is 3. The van der Waals surface area contributed by atoms with Crippen LogP contribution in [0.2, 0.25) is 0 Å². The Hall–Kier alpha value is -3.23. The van der Waals surface area contributed by atoms with E-state index >= 15 is 0 Å². The van der Waals surface area contributed by atoms with Crippen molar-refractivity contribution in [2.75, 3.05) is 6.54 Å². The third-order valence-corrected chi connectivity index (χ3v) is 4.22. The second kappa shape index (κ2) is 7.77. The Morgan fingerprint density at radius 3 is 3.04 bits per heavy atom. The molecule has 0 unspecified atom stereocenters. The summed E-state index contributed by atoms with van der Waals surface area (Å²) < 4.78 is 0. The zero-order valence-corrected chi connectivity index (χ0v) is 14.4. The van der Waals surface area contributed by atoms with Gasteiger partial charge in [-0.25, -0.2) is 0 Å². The van der Waals surface area contributed by atoms with E-state index in [1.807, 2.05) is 13.0 Å². The molecule has 2 aromatic rings. The smallest absolute Gasteiger partial charge is 0.257 e. The normalized spacial score (nSPS) is 13.7. The molecule has 1 aliphatic rings. The maximum absolute atomic E-state index is 12.2. The highest BCUT2D eigenvalue weighted by molar-refractivity contribution is 5.93. The summed E-state index contributed by atoms with van der Waals surface area (Å²) in [6.07, 6.45) is 7.23. The molecule has 9 nitrogen and oxygen atoms in total. The van der Waals surface area contributed by atoms with Gasteiger partial charge in [0, 0.05) is 37.0 Å². The van der Waals surface area contributed by atoms with Gasteiger partial charge in [0.1, 0.15) is 5.56 Å². The molecule has 0 aliphatic carbocycles. The van der Waals surface area contributed by atoms with E-state index in [-0.39, 0.29) is 18.0 Å². The van der Waals surface area contributed by atoms with Crippen molar-refractivity contribution in [3.63, 3.8) is 0 Å². The lowest BCUT2D eigenvalue weighted by atomic mass is 10.0. The van der Waals surface area contributed by atoms with Gasteiger partial charge in [-0.15, -0.1) is 0 Å². The highest BCUT2D eigenvalue weighted by atomic mass is 16.2. The Morgan fingerprint density at radius 2 is 2.27 bits per heavy atom. The molecule has 9 heteroatoms. The van der Waals surface area contributed by atoms with Gasteiger partial charge in [0.25, 0.3) is 5.91 Å². The summed E-state index contributed by atoms with van der Waals surface area (Å²) >= 11 is 0. The number of amides is 2. The van der Waals surface area contributed by atoms with Crippen molar-refractivity contribution in [3.05, 3.63) is 57.3 Å². The van der Waals surface area contributed by atoms with Crippen LogP contribution in [0.3, 0.4) is 0 Å². The minimum Gasteiger partial charge on any atom is -0.346 e. The van der Waals surface area contributed by atoms with E-state index in [0.717, 1.165) is 23.9 Å². The van der Waals surface area contributed by atoms with Gasteiger partial charge >= 0.3 is 0 Å². The minimum atomic E-state index is -0.500. The number of carbonyl (C=O) groups is 2. The van der Waals surface area contributed by atoms with Crippen LogP contribution in [0.1, 0.15) is 40.7 Å². The fraction of sp³-hybridized carbons (Fsp3) is 0.353. The summed E-state index contributed by atoms with van der Waals surface area (Å²) in [4.78, 5) is 37.7. The van der Waals surface area contributed by atoms with E-state index in [0.29, 0.717) is 25.2 Å². The summed E-state index contributed by atoms with van der Waals surface area (Å²) in [7, 11) is 0. The fourth-order valence-electron chi connectivity index (χ4n) is 2.79. The second-order valence-electron chi connectivity index (χ2n) is 5.94. The number of aromatic nitrogens is 4. The number of H-pyrrole nitrogens is 2. The molecule has 0 radical (unpaired) electrons. The molecule has 1 aliphatic heterocycles. The van der Waals surface area contributed by atoms with Crippen LogP contribution >= 0.6 is 0 Å². The molecule has 3 N–H and O–H groups in total.